The van der Waals surface area contributed by atoms with E-state index in [9.17, 15) is 9.90 Å². The van der Waals surface area contributed by atoms with Crippen LogP contribution in [0.2, 0.25) is 0 Å². The van der Waals surface area contributed by atoms with Crippen LogP contribution in [0, 0.1) is 5.41 Å². The van der Waals surface area contributed by atoms with E-state index in [0.29, 0.717) is 32.1 Å². The number of hydrogen-bond donors (Lipinski definition) is 2. The van der Waals surface area contributed by atoms with Gasteiger partial charge in [-0.1, -0.05) is 50.3 Å². The van der Waals surface area contributed by atoms with Crippen molar-refractivity contribution >= 4 is 12.0 Å². The molecule has 0 saturated carbocycles. The molecular formula is C18H25NO3. The van der Waals surface area contributed by atoms with Crippen LogP contribution in [-0.4, -0.2) is 37.4 Å². The van der Waals surface area contributed by atoms with Crippen molar-refractivity contribution in [1.29, 1.82) is 0 Å². The Labute approximate surface area is 132 Å². The molecule has 4 heteroatoms. The SMILES string of the molecule is CC(C)c1ccc(/C=C/CC(=O)NCC2(CO)COC2)cc1. The summed E-state index contributed by atoms with van der Waals surface area (Å²) < 4.78 is 5.10. The maximum atomic E-state index is 11.8. The number of benzene rings is 1. The predicted molar refractivity (Wildman–Crippen MR) is 87.5 cm³/mol. The minimum absolute atomic E-state index is 0.0326. The van der Waals surface area contributed by atoms with Gasteiger partial charge in [-0.25, -0.2) is 0 Å². The maximum Gasteiger partial charge on any atom is 0.223 e. The molecule has 1 saturated heterocycles. The number of amides is 1. The molecule has 0 spiro atoms. The maximum absolute atomic E-state index is 11.8. The largest absolute Gasteiger partial charge is 0.396 e. The highest BCUT2D eigenvalue weighted by atomic mass is 16.5. The molecule has 1 heterocycles. The first-order chi connectivity index (χ1) is 10.5. The lowest BCUT2D eigenvalue weighted by Crippen LogP contribution is -2.53. The van der Waals surface area contributed by atoms with E-state index in [-0.39, 0.29) is 17.9 Å². The zero-order valence-electron chi connectivity index (χ0n) is 13.3. The standard InChI is InChI=1S/C18H25NO3/c1-14(2)16-8-6-15(7-9-16)4-3-5-17(21)19-10-18(11-20)12-22-13-18/h3-4,6-9,14,20H,5,10-13H2,1-2H3,(H,19,21)/b4-3+. The first-order valence-electron chi connectivity index (χ1n) is 7.76. The Morgan fingerprint density at radius 3 is 2.55 bits per heavy atom. The number of rotatable bonds is 7. The molecule has 0 unspecified atom stereocenters. The molecule has 0 bridgehead atoms. The van der Waals surface area contributed by atoms with Gasteiger partial charge in [0.15, 0.2) is 0 Å². The van der Waals surface area contributed by atoms with Gasteiger partial charge in [-0.05, 0) is 17.0 Å². The summed E-state index contributed by atoms with van der Waals surface area (Å²) in [5, 5.41) is 12.1. The fourth-order valence-electron chi connectivity index (χ4n) is 2.29. The van der Waals surface area contributed by atoms with Crippen LogP contribution in [0.25, 0.3) is 6.08 Å². The third-order valence-corrected chi connectivity index (χ3v) is 4.03. The van der Waals surface area contributed by atoms with Gasteiger partial charge in [-0.3, -0.25) is 4.79 Å². The summed E-state index contributed by atoms with van der Waals surface area (Å²) in [6.07, 6.45) is 4.16. The minimum Gasteiger partial charge on any atom is -0.396 e. The third kappa shape index (κ3) is 4.42. The lowest BCUT2D eigenvalue weighted by molar-refractivity contribution is -0.140. The van der Waals surface area contributed by atoms with Gasteiger partial charge in [-0.2, -0.15) is 0 Å². The quantitative estimate of drug-likeness (QED) is 0.813. The number of ether oxygens (including phenoxy) is 1. The average molecular weight is 303 g/mol. The molecule has 120 valence electrons. The summed E-state index contributed by atoms with van der Waals surface area (Å²) in [6.45, 7) is 5.89. The summed E-state index contributed by atoms with van der Waals surface area (Å²) in [4.78, 5) is 11.8. The monoisotopic (exact) mass is 303 g/mol. The summed E-state index contributed by atoms with van der Waals surface area (Å²) in [7, 11) is 0. The minimum atomic E-state index is -0.272. The number of carbonyl (C=O) groups excluding carboxylic acids is 1. The van der Waals surface area contributed by atoms with E-state index in [1.165, 1.54) is 5.56 Å². The Balaban J connectivity index is 1.75. The van der Waals surface area contributed by atoms with Crippen LogP contribution in [0.3, 0.4) is 0 Å². The Morgan fingerprint density at radius 2 is 2.05 bits per heavy atom. The molecule has 0 aliphatic carbocycles. The smallest absolute Gasteiger partial charge is 0.223 e. The predicted octanol–water partition coefficient (Wildman–Crippen LogP) is 2.34. The van der Waals surface area contributed by atoms with Crippen molar-refractivity contribution in [2.24, 2.45) is 5.41 Å². The van der Waals surface area contributed by atoms with Crippen LogP contribution in [0.4, 0.5) is 0 Å². The fourth-order valence-corrected chi connectivity index (χ4v) is 2.29. The number of nitrogens with one attached hydrogen (secondary N) is 1. The molecule has 1 aromatic carbocycles. The topological polar surface area (TPSA) is 58.6 Å². The van der Waals surface area contributed by atoms with Crippen LogP contribution in [0.5, 0.6) is 0 Å². The molecule has 2 rings (SSSR count). The van der Waals surface area contributed by atoms with Crippen LogP contribution < -0.4 is 5.32 Å². The molecule has 1 aromatic rings. The molecule has 1 amide bonds. The number of aliphatic hydroxyl groups excluding tert-OH is 1. The van der Waals surface area contributed by atoms with E-state index < -0.39 is 0 Å². The number of aliphatic hydroxyl groups is 1. The van der Waals surface area contributed by atoms with E-state index >= 15 is 0 Å². The van der Waals surface area contributed by atoms with Gasteiger partial charge in [-0.15, -0.1) is 0 Å². The van der Waals surface area contributed by atoms with Gasteiger partial charge in [0.2, 0.25) is 5.91 Å². The van der Waals surface area contributed by atoms with Crippen molar-refractivity contribution in [2.75, 3.05) is 26.4 Å². The molecule has 0 aromatic heterocycles. The average Bonchev–Trinajstić information content (AvgIpc) is 2.47. The Hall–Kier alpha value is -1.65. The normalized spacial score (nSPS) is 16.7. The molecule has 4 nitrogen and oxygen atoms in total. The zero-order chi connectivity index (χ0) is 16.0. The van der Waals surface area contributed by atoms with Crippen molar-refractivity contribution in [2.45, 2.75) is 26.2 Å². The van der Waals surface area contributed by atoms with Gasteiger partial charge in [0, 0.05) is 13.0 Å². The molecule has 0 radical (unpaired) electrons. The van der Waals surface area contributed by atoms with Crippen LogP contribution in [0.15, 0.2) is 30.3 Å². The Bertz CT molecular complexity index is 510. The second kappa shape index (κ2) is 7.56. The van der Waals surface area contributed by atoms with Crippen molar-refractivity contribution < 1.29 is 14.6 Å². The van der Waals surface area contributed by atoms with Gasteiger partial charge in [0.1, 0.15) is 0 Å². The zero-order valence-corrected chi connectivity index (χ0v) is 13.3. The number of carbonyl (C=O) groups is 1. The highest BCUT2D eigenvalue weighted by Crippen LogP contribution is 2.25. The first-order valence-corrected chi connectivity index (χ1v) is 7.76. The molecule has 22 heavy (non-hydrogen) atoms. The van der Waals surface area contributed by atoms with E-state index in [0.717, 1.165) is 5.56 Å². The van der Waals surface area contributed by atoms with E-state index in [1.807, 2.05) is 12.2 Å². The molecule has 1 aliphatic rings. The second-order valence-electron chi connectivity index (χ2n) is 6.36. The highest BCUT2D eigenvalue weighted by Gasteiger charge is 2.38. The molecule has 2 N–H and O–H groups in total. The summed E-state index contributed by atoms with van der Waals surface area (Å²) in [6, 6.07) is 8.37. The second-order valence-corrected chi connectivity index (χ2v) is 6.36. The van der Waals surface area contributed by atoms with Crippen LogP contribution in [0.1, 0.15) is 37.3 Å². The lowest BCUT2D eigenvalue weighted by atomic mass is 9.87. The highest BCUT2D eigenvalue weighted by molar-refractivity contribution is 5.78. The van der Waals surface area contributed by atoms with Gasteiger partial charge in [0.05, 0.1) is 25.2 Å². The fraction of sp³-hybridized carbons (Fsp3) is 0.500. The van der Waals surface area contributed by atoms with Crippen molar-refractivity contribution in [3.63, 3.8) is 0 Å². The molecule has 0 atom stereocenters. The van der Waals surface area contributed by atoms with Gasteiger partial charge < -0.3 is 15.2 Å². The third-order valence-electron chi connectivity index (χ3n) is 4.03. The van der Waals surface area contributed by atoms with Crippen LogP contribution >= 0.6 is 0 Å². The molecular weight excluding hydrogens is 278 g/mol. The van der Waals surface area contributed by atoms with E-state index in [1.54, 1.807) is 0 Å². The summed E-state index contributed by atoms with van der Waals surface area (Å²) in [5.41, 5.74) is 2.13. The van der Waals surface area contributed by atoms with E-state index in [4.69, 9.17) is 4.74 Å². The van der Waals surface area contributed by atoms with Crippen molar-refractivity contribution in [1.82, 2.24) is 5.32 Å². The van der Waals surface area contributed by atoms with Crippen molar-refractivity contribution in [3.05, 3.63) is 41.5 Å². The van der Waals surface area contributed by atoms with E-state index in [2.05, 4.69) is 43.4 Å². The lowest BCUT2D eigenvalue weighted by Gasteiger charge is -2.39. The Kier molecular flexibility index (Phi) is 5.75. The van der Waals surface area contributed by atoms with Crippen LogP contribution in [-0.2, 0) is 9.53 Å². The number of hydrogen-bond acceptors (Lipinski definition) is 3. The summed E-state index contributed by atoms with van der Waals surface area (Å²) >= 11 is 0. The van der Waals surface area contributed by atoms with Gasteiger partial charge in [0.25, 0.3) is 0 Å². The molecule has 1 aliphatic heterocycles. The van der Waals surface area contributed by atoms with Gasteiger partial charge >= 0.3 is 0 Å². The molecule has 1 fully saturated rings. The summed E-state index contributed by atoms with van der Waals surface area (Å²) in [5.74, 6) is 0.493. The van der Waals surface area contributed by atoms with Crippen molar-refractivity contribution in [3.8, 4) is 0 Å². The Morgan fingerprint density at radius 1 is 1.36 bits per heavy atom. The first kappa shape index (κ1) is 16.7.